The van der Waals surface area contributed by atoms with E-state index in [4.69, 9.17) is 23.7 Å². The number of carbonyl (C=O) groups is 4. The first-order valence-corrected chi connectivity index (χ1v) is 30.9. The number of esters is 3. The number of ether oxygens (including phenoxy) is 5. The number of hydrogen-bond acceptors (Lipinski definition) is 11. The van der Waals surface area contributed by atoms with E-state index in [1.807, 2.05) is 0 Å². The predicted octanol–water partition coefficient (Wildman–Crippen LogP) is 16.2. The van der Waals surface area contributed by atoms with E-state index in [0.717, 1.165) is 135 Å². The van der Waals surface area contributed by atoms with Crippen molar-refractivity contribution in [1.82, 2.24) is 0 Å². The number of carboxylic acid groups (broad SMARTS) is 1. The lowest BCUT2D eigenvalue weighted by molar-refractivity contribution is -0.301. The largest absolute Gasteiger partial charge is 0.479 e. The molecule has 12 heteroatoms. The van der Waals surface area contributed by atoms with Crippen LogP contribution in [-0.4, -0.2) is 89.2 Å². The SMILES string of the molecule is CC/C=C\C/C=C\C/C=C\C/C=C\C/C=C\CCCCCC(=O)OC1C(OCC(COC(=O)CCCCCCCC/C=C\C/C=C\C/C=C\C/C=C\CC)OC(=O)CCCCCCCCCCCCC)OC(C(=O)O)C(O)C1O. The number of unbranched alkanes of at least 4 members (excludes halogenated alkanes) is 19. The van der Waals surface area contributed by atoms with Crippen LogP contribution in [0.15, 0.2) is 109 Å². The molecule has 0 saturated carbocycles. The van der Waals surface area contributed by atoms with Gasteiger partial charge in [0.15, 0.2) is 24.6 Å². The van der Waals surface area contributed by atoms with E-state index in [-0.39, 0.29) is 25.9 Å². The molecule has 1 saturated heterocycles. The summed E-state index contributed by atoms with van der Waals surface area (Å²) in [7, 11) is 0. The van der Waals surface area contributed by atoms with E-state index < -0.39 is 67.3 Å². The number of aliphatic hydroxyl groups excluding tert-OH is 2. The van der Waals surface area contributed by atoms with Gasteiger partial charge in [-0.1, -0.05) is 226 Å². The summed E-state index contributed by atoms with van der Waals surface area (Å²) in [5.74, 6) is -3.19. The van der Waals surface area contributed by atoms with Gasteiger partial charge in [-0.2, -0.15) is 0 Å². The molecule has 1 aliphatic heterocycles. The van der Waals surface area contributed by atoms with Gasteiger partial charge in [-0.15, -0.1) is 0 Å². The molecule has 6 unspecified atom stereocenters. The summed E-state index contributed by atoms with van der Waals surface area (Å²) < 4.78 is 28.4. The lowest BCUT2D eigenvalue weighted by Crippen LogP contribution is -2.61. The highest BCUT2D eigenvalue weighted by molar-refractivity contribution is 5.74. The second-order valence-electron chi connectivity index (χ2n) is 20.6. The van der Waals surface area contributed by atoms with Crippen LogP contribution in [0.1, 0.15) is 239 Å². The summed E-state index contributed by atoms with van der Waals surface area (Å²) in [5, 5.41) is 31.5. The molecule has 1 rings (SSSR count). The molecule has 12 nitrogen and oxygen atoms in total. The zero-order valence-corrected chi connectivity index (χ0v) is 49.3. The van der Waals surface area contributed by atoms with E-state index in [2.05, 4.69) is 130 Å². The van der Waals surface area contributed by atoms with Gasteiger partial charge in [0.05, 0.1) is 6.61 Å². The third kappa shape index (κ3) is 43.8. The molecule has 1 aliphatic rings. The molecule has 0 radical (unpaired) electrons. The van der Waals surface area contributed by atoms with E-state index in [0.29, 0.717) is 19.3 Å². The summed E-state index contributed by atoms with van der Waals surface area (Å²) in [6, 6.07) is 0. The van der Waals surface area contributed by atoms with Gasteiger partial charge < -0.3 is 39.0 Å². The Morgan fingerprint density at radius 2 is 0.797 bits per heavy atom. The molecule has 79 heavy (non-hydrogen) atoms. The van der Waals surface area contributed by atoms with E-state index in [9.17, 15) is 34.5 Å². The molecule has 0 aromatic heterocycles. The Bertz CT molecular complexity index is 1790. The Balaban J connectivity index is 2.68. The van der Waals surface area contributed by atoms with Crippen LogP contribution in [0.2, 0.25) is 0 Å². The zero-order valence-electron chi connectivity index (χ0n) is 49.3. The van der Waals surface area contributed by atoms with Crippen LogP contribution in [0.3, 0.4) is 0 Å². The van der Waals surface area contributed by atoms with Crippen molar-refractivity contribution in [3.8, 4) is 0 Å². The van der Waals surface area contributed by atoms with Gasteiger partial charge in [-0.25, -0.2) is 4.79 Å². The smallest absolute Gasteiger partial charge is 0.335 e. The highest BCUT2D eigenvalue weighted by Gasteiger charge is 2.50. The molecule has 0 bridgehead atoms. The number of carbonyl (C=O) groups excluding carboxylic acids is 3. The van der Waals surface area contributed by atoms with Gasteiger partial charge in [-0.05, 0) is 103 Å². The Kier molecular flexibility index (Phi) is 49.5. The van der Waals surface area contributed by atoms with Crippen molar-refractivity contribution in [1.29, 1.82) is 0 Å². The van der Waals surface area contributed by atoms with Gasteiger partial charge >= 0.3 is 23.9 Å². The van der Waals surface area contributed by atoms with E-state index in [1.54, 1.807) is 0 Å². The highest BCUT2D eigenvalue weighted by atomic mass is 16.7. The minimum atomic E-state index is -1.92. The number of aliphatic hydroxyl groups is 2. The number of aliphatic carboxylic acids is 1. The summed E-state index contributed by atoms with van der Waals surface area (Å²) in [6.45, 7) is 5.73. The fraction of sp³-hybridized carbons (Fsp3) is 0.672. The van der Waals surface area contributed by atoms with Gasteiger partial charge in [0.1, 0.15) is 18.8 Å². The predicted molar refractivity (Wildman–Crippen MR) is 321 cm³/mol. The van der Waals surface area contributed by atoms with E-state index in [1.165, 1.54) is 44.9 Å². The average molecular weight is 1110 g/mol. The molecule has 0 aliphatic carbocycles. The Hall–Kier alpha value is -4.62. The Labute approximate surface area is 478 Å². The molecule has 448 valence electrons. The monoisotopic (exact) mass is 1100 g/mol. The second kappa shape index (κ2) is 54.0. The topological polar surface area (TPSA) is 175 Å². The third-order valence-electron chi connectivity index (χ3n) is 13.3. The average Bonchev–Trinajstić information content (AvgIpc) is 3.43. The molecule has 6 atom stereocenters. The number of rotatable bonds is 51. The van der Waals surface area contributed by atoms with Crippen LogP contribution in [-0.2, 0) is 42.9 Å². The minimum absolute atomic E-state index is 0.0159. The first kappa shape index (κ1) is 72.4. The zero-order chi connectivity index (χ0) is 57.5. The van der Waals surface area contributed by atoms with Gasteiger partial charge in [0.25, 0.3) is 0 Å². The molecule has 1 heterocycles. The quantitative estimate of drug-likeness (QED) is 0.0228. The Morgan fingerprint density at radius 3 is 1.23 bits per heavy atom. The van der Waals surface area contributed by atoms with Gasteiger partial charge in [0, 0.05) is 19.3 Å². The molecule has 0 amide bonds. The van der Waals surface area contributed by atoms with Crippen molar-refractivity contribution in [3.63, 3.8) is 0 Å². The lowest BCUT2D eigenvalue weighted by atomic mass is 9.98. The number of allylic oxidation sites excluding steroid dienone is 18. The normalized spacial score (nSPS) is 18.6. The fourth-order valence-electron chi connectivity index (χ4n) is 8.68. The first-order valence-electron chi connectivity index (χ1n) is 30.9. The molecule has 0 aromatic rings. The summed E-state index contributed by atoms with van der Waals surface area (Å²) in [6.07, 6.45) is 60.5. The first-order chi connectivity index (χ1) is 38.6. The summed E-state index contributed by atoms with van der Waals surface area (Å²) in [4.78, 5) is 51.2. The highest BCUT2D eigenvalue weighted by Crippen LogP contribution is 2.26. The number of carboxylic acids is 1. The fourth-order valence-corrected chi connectivity index (χ4v) is 8.68. The molecule has 0 spiro atoms. The maximum atomic E-state index is 13.1. The standard InChI is InChI=1S/C67H108O12/c1-4-7-10-13-16-19-22-24-26-28-30-32-34-36-39-41-44-47-50-53-59(68)75-56-58(77-60(69)54-51-48-45-42-38-21-18-15-12-9-6-3)57-76-67-65(63(72)62(71)64(79-67)66(73)74)78-61(70)55-52-49-46-43-40-37-35-33-31-29-27-25-23-20-17-14-11-8-5-2/h7-8,10-11,16-17,19-20,24-27,30-33,37,40,58,62-65,67,71-72H,4-6,9,12-15,18,21-23,28-29,34-36,38-39,41-57H2,1-3H3,(H,73,74)/b10-7-,11-8-,19-16-,20-17-,26-24-,27-25-,32-30-,33-31-,40-37-. The van der Waals surface area contributed by atoms with Crippen molar-refractivity contribution >= 4 is 23.9 Å². The van der Waals surface area contributed by atoms with Gasteiger partial charge in [-0.3, -0.25) is 14.4 Å². The van der Waals surface area contributed by atoms with Crippen LogP contribution in [0, 0.1) is 0 Å². The van der Waals surface area contributed by atoms with Crippen LogP contribution in [0.5, 0.6) is 0 Å². The van der Waals surface area contributed by atoms with Gasteiger partial charge in [0.2, 0.25) is 0 Å². The van der Waals surface area contributed by atoms with Crippen molar-refractivity contribution in [3.05, 3.63) is 109 Å². The third-order valence-corrected chi connectivity index (χ3v) is 13.3. The van der Waals surface area contributed by atoms with Crippen molar-refractivity contribution in [2.24, 2.45) is 0 Å². The van der Waals surface area contributed by atoms with Crippen LogP contribution in [0.4, 0.5) is 0 Å². The summed E-state index contributed by atoms with van der Waals surface area (Å²) >= 11 is 0. The maximum absolute atomic E-state index is 13.1. The minimum Gasteiger partial charge on any atom is -0.479 e. The van der Waals surface area contributed by atoms with Crippen LogP contribution < -0.4 is 0 Å². The Morgan fingerprint density at radius 1 is 0.430 bits per heavy atom. The molecular formula is C67H108O12. The number of hydrogen-bond donors (Lipinski definition) is 3. The van der Waals surface area contributed by atoms with Crippen molar-refractivity contribution < 1.29 is 58.2 Å². The second-order valence-corrected chi connectivity index (χ2v) is 20.6. The van der Waals surface area contributed by atoms with E-state index >= 15 is 0 Å². The molecule has 0 aromatic carbocycles. The van der Waals surface area contributed by atoms with Crippen LogP contribution >= 0.6 is 0 Å². The maximum Gasteiger partial charge on any atom is 0.335 e. The molecular weight excluding hydrogens is 997 g/mol. The lowest BCUT2D eigenvalue weighted by Gasteiger charge is -2.40. The molecule has 3 N–H and O–H groups in total. The van der Waals surface area contributed by atoms with Crippen molar-refractivity contribution in [2.45, 2.75) is 276 Å². The summed E-state index contributed by atoms with van der Waals surface area (Å²) in [5.41, 5.74) is 0. The molecule has 1 fully saturated rings. The van der Waals surface area contributed by atoms with Crippen LogP contribution in [0.25, 0.3) is 0 Å². The van der Waals surface area contributed by atoms with Crippen molar-refractivity contribution in [2.75, 3.05) is 13.2 Å².